The summed E-state index contributed by atoms with van der Waals surface area (Å²) in [5, 5.41) is 26.5. The molecule has 160 valence electrons. The standard InChI is InChI=1S/C21H20N4O6/c1-30-19-13-14(2-7-18(19)26)12-17-20(23-8-10-31-11-9-23)22-24(21(17)27)15-3-5-16(6-4-15)25(28)29/h2-7,12-13,26H,8-11H2,1H3/b17-12+. The van der Waals surface area contributed by atoms with Gasteiger partial charge >= 0.3 is 0 Å². The summed E-state index contributed by atoms with van der Waals surface area (Å²) in [7, 11) is 1.45. The number of nitro groups is 1. The number of nitro benzene ring substituents is 1. The lowest BCUT2D eigenvalue weighted by atomic mass is 10.1. The number of aromatic hydroxyl groups is 1. The molecule has 2 aromatic rings. The van der Waals surface area contributed by atoms with Crippen LogP contribution in [0.2, 0.25) is 0 Å². The van der Waals surface area contributed by atoms with Crippen molar-refractivity contribution in [3.05, 3.63) is 63.7 Å². The number of non-ortho nitro benzene ring substituents is 1. The van der Waals surface area contributed by atoms with Gasteiger partial charge in [0, 0.05) is 25.2 Å². The molecule has 2 aliphatic heterocycles. The molecular weight excluding hydrogens is 404 g/mol. The van der Waals surface area contributed by atoms with Gasteiger partial charge in [-0.2, -0.15) is 5.01 Å². The molecule has 0 atom stereocenters. The topological polar surface area (TPSA) is 118 Å². The average molecular weight is 424 g/mol. The number of carbonyl (C=O) groups is 1. The molecule has 1 saturated heterocycles. The van der Waals surface area contributed by atoms with Crippen LogP contribution in [0, 0.1) is 10.1 Å². The van der Waals surface area contributed by atoms with Gasteiger partial charge in [-0.25, -0.2) is 0 Å². The lowest BCUT2D eigenvalue weighted by molar-refractivity contribution is -0.384. The maximum absolute atomic E-state index is 13.3. The first-order chi connectivity index (χ1) is 15.0. The molecule has 0 bridgehead atoms. The van der Waals surface area contributed by atoms with Crippen molar-refractivity contribution in [2.24, 2.45) is 5.10 Å². The SMILES string of the molecule is COc1cc(/C=C2/C(=O)N(c3ccc([N+](=O)[O-])cc3)N=C2N2CCOCC2)ccc1O. The summed E-state index contributed by atoms with van der Waals surface area (Å²) >= 11 is 0. The first kappa shape index (κ1) is 20.4. The van der Waals surface area contributed by atoms with Gasteiger partial charge in [0.1, 0.15) is 0 Å². The lowest BCUT2D eigenvalue weighted by Crippen LogP contribution is -2.41. The molecule has 4 rings (SSSR count). The molecule has 0 unspecified atom stereocenters. The van der Waals surface area contributed by atoms with Crippen molar-refractivity contribution >= 4 is 29.2 Å². The van der Waals surface area contributed by atoms with E-state index in [0.717, 1.165) is 0 Å². The van der Waals surface area contributed by atoms with E-state index in [1.54, 1.807) is 18.2 Å². The number of morpholine rings is 1. The number of amides is 1. The summed E-state index contributed by atoms with van der Waals surface area (Å²) in [5.74, 6) is 0.426. The minimum Gasteiger partial charge on any atom is -0.504 e. The molecule has 0 aliphatic carbocycles. The fourth-order valence-corrected chi connectivity index (χ4v) is 3.38. The third kappa shape index (κ3) is 4.05. The number of ether oxygens (including phenoxy) is 2. The second kappa shape index (κ2) is 8.44. The quantitative estimate of drug-likeness (QED) is 0.455. The first-order valence-electron chi connectivity index (χ1n) is 9.57. The smallest absolute Gasteiger partial charge is 0.282 e. The van der Waals surface area contributed by atoms with Crippen LogP contribution in [0.5, 0.6) is 11.5 Å². The zero-order chi connectivity index (χ0) is 22.0. The number of methoxy groups -OCH3 is 1. The zero-order valence-electron chi connectivity index (χ0n) is 16.7. The summed E-state index contributed by atoms with van der Waals surface area (Å²) < 4.78 is 10.6. The highest BCUT2D eigenvalue weighted by molar-refractivity contribution is 6.32. The van der Waals surface area contributed by atoms with Crippen LogP contribution in [-0.2, 0) is 9.53 Å². The van der Waals surface area contributed by atoms with Crippen molar-refractivity contribution in [2.75, 3.05) is 38.4 Å². The number of phenols is 1. The number of rotatable bonds is 4. The fourth-order valence-electron chi connectivity index (χ4n) is 3.38. The van der Waals surface area contributed by atoms with Gasteiger partial charge in [-0.15, -0.1) is 5.10 Å². The third-order valence-corrected chi connectivity index (χ3v) is 4.99. The van der Waals surface area contributed by atoms with E-state index in [1.165, 1.54) is 42.5 Å². The summed E-state index contributed by atoms with van der Waals surface area (Å²) in [6, 6.07) is 10.4. The predicted molar refractivity (Wildman–Crippen MR) is 113 cm³/mol. The molecule has 1 amide bonds. The molecule has 2 heterocycles. The summed E-state index contributed by atoms with van der Waals surface area (Å²) in [6.45, 7) is 2.20. The van der Waals surface area contributed by atoms with Crippen LogP contribution in [0.3, 0.4) is 0 Å². The fraction of sp³-hybridized carbons (Fsp3) is 0.238. The Morgan fingerprint density at radius 2 is 1.90 bits per heavy atom. The molecule has 0 radical (unpaired) electrons. The van der Waals surface area contributed by atoms with E-state index < -0.39 is 4.92 Å². The molecule has 2 aromatic carbocycles. The van der Waals surface area contributed by atoms with Crippen LogP contribution in [0.25, 0.3) is 6.08 Å². The average Bonchev–Trinajstić information content (AvgIpc) is 3.11. The number of hydrogen-bond donors (Lipinski definition) is 1. The van der Waals surface area contributed by atoms with Crippen LogP contribution < -0.4 is 9.75 Å². The number of hydrazone groups is 1. The molecule has 10 nitrogen and oxygen atoms in total. The first-order valence-corrected chi connectivity index (χ1v) is 9.57. The van der Waals surface area contributed by atoms with Gasteiger partial charge < -0.3 is 19.5 Å². The monoisotopic (exact) mass is 424 g/mol. The van der Waals surface area contributed by atoms with Crippen LogP contribution in [-0.4, -0.2) is 60.1 Å². The Labute approximate surface area is 177 Å². The lowest BCUT2D eigenvalue weighted by Gasteiger charge is -2.28. The van der Waals surface area contributed by atoms with E-state index in [4.69, 9.17) is 9.47 Å². The number of nitrogens with zero attached hydrogens (tertiary/aromatic N) is 4. The Morgan fingerprint density at radius 1 is 1.19 bits per heavy atom. The van der Waals surface area contributed by atoms with Crippen LogP contribution >= 0.6 is 0 Å². The van der Waals surface area contributed by atoms with Gasteiger partial charge in [-0.05, 0) is 35.9 Å². The Hall–Kier alpha value is -3.92. The van der Waals surface area contributed by atoms with Crippen molar-refractivity contribution < 1.29 is 24.3 Å². The summed E-state index contributed by atoms with van der Waals surface area (Å²) in [6.07, 6.45) is 1.68. The molecular formula is C21H20N4O6. The number of phenolic OH excluding ortho intramolecular Hbond substituents is 1. The minimum absolute atomic E-state index is 0.00280. The molecule has 2 aliphatic rings. The van der Waals surface area contributed by atoms with Gasteiger partial charge in [0.25, 0.3) is 11.6 Å². The van der Waals surface area contributed by atoms with Crippen LogP contribution in [0.4, 0.5) is 11.4 Å². The number of hydrogen-bond acceptors (Lipinski definition) is 8. The molecule has 1 fully saturated rings. The predicted octanol–water partition coefficient (Wildman–Crippen LogP) is 2.38. The summed E-state index contributed by atoms with van der Waals surface area (Å²) in [5.41, 5.74) is 1.38. The van der Waals surface area contributed by atoms with Crippen LogP contribution in [0.1, 0.15) is 5.56 Å². The van der Waals surface area contributed by atoms with Gasteiger partial charge in [0.15, 0.2) is 17.3 Å². The highest BCUT2D eigenvalue weighted by Gasteiger charge is 2.35. The summed E-state index contributed by atoms with van der Waals surface area (Å²) in [4.78, 5) is 25.7. The van der Waals surface area contributed by atoms with E-state index in [9.17, 15) is 20.0 Å². The largest absolute Gasteiger partial charge is 0.504 e. The highest BCUT2D eigenvalue weighted by atomic mass is 16.6. The Bertz CT molecular complexity index is 1070. The highest BCUT2D eigenvalue weighted by Crippen LogP contribution is 2.31. The molecule has 10 heteroatoms. The van der Waals surface area contributed by atoms with Crippen molar-refractivity contribution in [1.82, 2.24) is 4.90 Å². The molecule has 0 saturated carbocycles. The van der Waals surface area contributed by atoms with Gasteiger partial charge in [0.05, 0.1) is 36.5 Å². The zero-order valence-corrected chi connectivity index (χ0v) is 16.7. The van der Waals surface area contributed by atoms with Crippen LogP contribution in [0.15, 0.2) is 53.1 Å². The van der Waals surface area contributed by atoms with E-state index in [1.807, 2.05) is 4.90 Å². The normalized spacial score (nSPS) is 17.8. The minimum atomic E-state index is -0.498. The Morgan fingerprint density at radius 3 is 2.55 bits per heavy atom. The second-order valence-corrected chi connectivity index (χ2v) is 6.90. The van der Waals surface area contributed by atoms with Gasteiger partial charge in [0.2, 0.25) is 0 Å². The van der Waals surface area contributed by atoms with Crippen molar-refractivity contribution in [1.29, 1.82) is 0 Å². The van der Waals surface area contributed by atoms with Gasteiger partial charge in [-0.1, -0.05) is 6.07 Å². The number of benzene rings is 2. The van der Waals surface area contributed by atoms with Crippen molar-refractivity contribution in [2.45, 2.75) is 0 Å². The van der Waals surface area contributed by atoms with Gasteiger partial charge in [-0.3, -0.25) is 14.9 Å². The van der Waals surface area contributed by atoms with E-state index in [-0.39, 0.29) is 23.1 Å². The molecule has 0 aromatic heterocycles. The Balaban J connectivity index is 1.73. The maximum atomic E-state index is 13.3. The maximum Gasteiger partial charge on any atom is 0.282 e. The Kier molecular flexibility index (Phi) is 5.54. The third-order valence-electron chi connectivity index (χ3n) is 4.99. The number of carbonyl (C=O) groups excluding carboxylic acids is 1. The number of amidine groups is 1. The molecule has 1 N–H and O–H groups in total. The van der Waals surface area contributed by atoms with Crippen molar-refractivity contribution in [3.8, 4) is 11.5 Å². The van der Waals surface area contributed by atoms with E-state index in [0.29, 0.717) is 49.0 Å². The van der Waals surface area contributed by atoms with Crippen molar-refractivity contribution in [3.63, 3.8) is 0 Å². The number of anilines is 1. The van der Waals surface area contributed by atoms with E-state index in [2.05, 4.69) is 5.10 Å². The van der Waals surface area contributed by atoms with E-state index >= 15 is 0 Å². The molecule has 31 heavy (non-hydrogen) atoms. The molecule has 0 spiro atoms. The second-order valence-electron chi connectivity index (χ2n) is 6.90.